The van der Waals surface area contributed by atoms with Crippen LogP contribution in [0.15, 0.2) is 28.7 Å². The lowest BCUT2D eigenvalue weighted by Crippen LogP contribution is -2.31. The van der Waals surface area contributed by atoms with Gasteiger partial charge in [-0.25, -0.2) is 0 Å². The fourth-order valence-electron chi connectivity index (χ4n) is 3.44. The molecule has 1 aromatic rings. The Morgan fingerprint density at radius 1 is 1.15 bits per heavy atom. The van der Waals surface area contributed by atoms with Crippen molar-refractivity contribution in [3.05, 3.63) is 34.3 Å². The van der Waals surface area contributed by atoms with Crippen LogP contribution in [0.5, 0.6) is 0 Å². The third-order valence-electron chi connectivity index (χ3n) is 4.64. The van der Waals surface area contributed by atoms with Gasteiger partial charge in [0.1, 0.15) is 0 Å². The largest absolute Gasteiger partial charge is 0.307 e. The normalized spacial score (nSPS) is 25.1. The van der Waals surface area contributed by atoms with E-state index < -0.39 is 0 Å². The zero-order valence-corrected chi connectivity index (χ0v) is 14.5. The van der Waals surface area contributed by atoms with Crippen LogP contribution < -0.4 is 5.32 Å². The van der Waals surface area contributed by atoms with E-state index in [1.807, 2.05) is 0 Å². The number of hydrogen-bond acceptors (Lipinski definition) is 1. The molecule has 0 saturated heterocycles. The molecule has 0 heterocycles. The summed E-state index contributed by atoms with van der Waals surface area (Å²) in [5.74, 6) is 0.981. The Balaban J connectivity index is 1.85. The third kappa shape index (κ3) is 4.89. The van der Waals surface area contributed by atoms with Gasteiger partial charge in [0.2, 0.25) is 0 Å². The van der Waals surface area contributed by atoms with E-state index >= 15 is 0 Å². The number of hydrogen-bond donors (Lipinski definition) is 1. The Labute approximate surface area is 132 Å². The van der Waals surface area contributed by atoms with Crippen LogP contribution in [0, 0.1) is 5.92 Å². The molecule has 20 heavy (non-hydrogen) atoms. The van der Waals surface area contributed by atoms with E-state index in [-0.39, 0.29) is 0 Å². The molecule has 2 unspecified atom stereocenters. The highest BCUT2D eigenvalue weighted by molar-refractivity contribution is 9.10. The van der Waals surface area contributed by atoms with Crippen molar-refractivity contribution in [3.63, 3.8) is 0 Å². The minimum Gasteiger partial charge on any atom is -0.307 e. The Kier molecular flexibility index (Phi) is 6.57. The van der Waals surface area contributed by atoms with Crippen LogP contribution in [-0.4, -0.2) is 6.04 Å². The summed E-state index contributed by atoms with van der Waals surface area (Å²) in [6.45, 7) is 4.61. The second-order valence-corrected chi connectivity index (χ2v) is 7.22. The summed E-state index contributed by atoms with van der Waals surface area (Å²) in [5, 5.41) is 3.84. The van der Waals surface area contributed by atoms with Crippen molar-refractivity contribution in [2.45, 2.75) is 70.9 Å². The quantitative estimate of drug-likeness (QED) is 0.664. The first-order valence-electron chi connectivity index (χ1n) is 8.20. The molecule has 1 aliphatic rings. The summed E-state index contributed by atoms with van der Waals surface area (Å²) in [6.07, 6.45) is 9.73. The van der Waals surface area contributed by atoms with E-state index in [4.69, 9.17) is 0 Å². The molecule has 0 amide bonds. The van der Waals surface area contributed by atoms with Gasteiger partial charge in [0.25, 0.3) is 0 Å². The molecule has 1 nitrogen and oxygen atoms in total. The smallest absolute Gasteiger partial charge is 0.0294 e. The van der Waals surface area contributed by atoms with Gasteiger partial charge in [-0.3, -0.25) is 0 Å². The molecule has 3 atom stereocenters. The lowest BCUT2D eigenvalue weighted by atomic mass is 9.95. The number of rotatable bonds is 5. The molecular weight excluding hydrogens is 310 g/mol. The number of benzene rings is 1. The molecule has 1 aromatic carbocycles. The van der Waals surface area contributed by atoms with E-state index in [1.165, 1.54) is 50.5 Å². The minimum absolute atomic E-state index is 0.454. The maximum absolute atomic E-state index is 3.84. The maximum atomic E-state index is 3.84. The fourth-order valence-corrected chi connectivity index (χ4v) is 3.71. The number of halogens is 1. The SMILES string of the molecule is CCCC1CCCC(N[C@H](C)c2ccc(Br)cc2)CC1. The second kappa shape index (κ2) is 8.19. The summed E-state index contributed by atoms with van der Waals surface area (Å²) in [4.78, 5) is 0. The second-order valence-electron chi connectivity index (χ2n) is 6.30. The first kappa shape index (κ1) is 16.0. The van der Waals surface area contributed by atoms with Gasteiger partial charge in [-0.2, -0.15) is 0 Å². The van der Waals surface area contributed by atoms with Crippen LogP contribution in [0.2, 0.25) is 0 Å². The zero-order valence-electron chi connectivity index (χ0n) is 12.9. The van der Waals surface area contributed by atoms with Crippen LogP contribution >= 0.6 is 15.9 Å². The van der Waals surface area contributed by atoms with Gasteiger partial charge in [0.05, 0.1) is 0 Å². The average Bonchev–Trinajstić information content (AvgIpc) is 2.66. The van der Waals surface area contributed by atoms with Gasteiger partial charge >= 0.3 is 0 Å². The maximum Gasteiger partial charge on any atom is 0.0294 e. The standard InChI is InChI=1S/C18H28BrN/c1-3-5-15-6-4-7-18(13-8-15)20-14(2)16-9-11-17(19)12-10-16/h9-12,14-15,18,20H,3-8,13H2,1-2H3/t14-,15?,18?/m1/s1. The highest BCUT2D eigenvalue weighted by atomic mass is 79.9. The van der Waals surface area contributed by atoms with Crippen molar-refractivity contribution in [2.24, 2.45) is 5.92 Å². The molecule has 1 N–H and O–H groups in total. The molecule has 0 bridgehead atoms. The molecule has 2 heteroatoms. The van der Waals surface area contributed by atoms with Crippen molar-refractivity contribution in [3.8, 4) is 0 Å². The van der Waals surface area contributed by atoms with Gasteiger partial charge in [0, 0.05) is 16.6 Å². The lowest BCUT2D eigenvalue weighted by molar-refractivity contribution is 0.393. The molecule has 1 aliphatic carbocycles. The van der Waals surface area contributed by atoms with E-state index in [0.717, 1.165) is 10.4 Å². The molecule has 112 valence electrons. The topological polar surface area (TPSA) is 12.0 Å². The summed E-state index contributed by atoms with van der Waals surface area (Å²) in [5.41, 5.74) is 1.39. The summed E-state index contributed by atoms with van der Waals surface area (Å²) < 4.78 is 1.16. The van der Waals surface area contributed by atoms with Gasteiger partial charge in [-0.15, -0.1) is 0 Å². The zero-order chi connectivity index (χ0) is 14.4. The first-order valence-corrected chi connectivity index (χ1v) is 9.00. The van der Waals surface area contributed by atoms with Crippen molar-refractivity contribution in [1.29, 1.82) is 0 Å². The van der Waals surface area contributed by atoms with Gasteiger partial charge in [-0.05, 0) is 49.8 Å². The first-order chi connectivity index (χ1) is 9.69. The molecular formula is C18H28BrN. The van der Waals surface area contributed by atoms with Gasteiger partial charge < -0.3 is 5.32 Å². The van der Waals surface area contributed by atoms with E-state index in [1.54, 1.807) is 0 Å². The van der Waals surface area contributed by atoms with E-state index in [2.05, 4.69) is 59.4 Å². The Morgan fingerprint density at radius 3 is 2.60 bits per heavy atom. The predicted molar refractivity (Wildman–Crippen MR) is 91.0 cm³/mol. The highest BCUT2D eigenvalue weighted by Gasteiger charge is 2.19. The van der Waals surface area contributed by atoms with Crippen LogP contribution in [0.4, 0.5) is 0 Å². The van der Waals surface area contributed by atoms with Crippen LogP contribution in [-0.2, 0) is 0 Å². The summed E-state index contributed by atoms with van der Waals surface area (Å²) in [7, 11) is 0. The van der Waals surface area contributed by atoms with Crippen LogP contribution in [0.1, 0.15) is 70.4 Å². The molecule has 0 spiro atoms. The van der Waals surface area contributed by atoms with Crippen molar-refractivity contribution in [1.82, 2.24) is 5.32 Å². The van der Waals surface area contributed by atoms with E-state index in [0.29, 0.717) is 12.1 Å². The molecule has 0 radical (unpaired) electrons. The number of nitrogens with one attached hydrogen (secondary N) is 1. The molecule has 2 rings (SSSR count). The lowest BCUT2D eigenvalue weighted by Gasteiger charge is -2.22. The van der Waals surface area contributed by atoms with Crippen LogP contribution in [0.25, 0.3) is 0 Å². The summed E-state index contributed by atoms with van der Waals surface area (Å²) in [6, 6.07) is 9.87. The third-order valence-corrected chi connectivity index (χ3v) is 5.17. The summed E-state index contributed by atoms with van der Waals surface area (Å²) >= 11 is 3.50. The highest BCUT2D eigenvalue weighted by Crippen LogP contribution is 2.28. The minimum atomic E-state index is 0.454. The average molecular weight is 338 g/mol. The van der Waals surface area contributed by atoms with E-state index in [9.17, 15) is 0 Å². The predicted octanol–water partition coefficient (Wildman–Crippen LogP) is 5.85. The Morgan fingerprint density at radius 2 is 1.90 bits per heavy atom. The molecule has 0 aromatic heterocycles. The van der Waals surface area contributed by atoms with Crippen molar-refractivity contribution >= 4 is 15.9 Å². The molecule has 1 saturated carbocycles. The van der Waals surface area contributed by atoms with Crippen molar-refractivity contribution in [2.75, 3.05) is 0 Å². The monoisotopic (exact) mass is 337 g/mol. The molecule has 1 fully saturated rings. The van der Waals surface area contributed by atoms with Gasteiger partial charge in [-0.1, -0.05) is 60.7 Å². The Hall–Kier alpha value is -0.340. The Bertz CT molecular complexity index is 387. The van der Waals surface area contributed by atoms with Crippen LogP contribution in [0.3, 0.4) is 0 Å². The molecule has 0 aliphatic heterocycles. The van der Waals surface area contributed by atoms with Gasteiger partial charge in [0.15, 0.2) is 0 Å². The van der Waals surface area contributed by atoms with Crippen molar-refractivity contribution < 1.29 is 0 Å². The fraction of sp³-hybridized carbons (Fsp3) is 0.667.